The van der Waals surface area contributed by atoms with Gasteiger partial charge in [0.2, 0.25) is 5.91 Å². The molecule has 0 atom stereocenters. The van der Waals surface area contributed by atoms with E-state index < -0.39 is 5.56 Å². The van der Waals surface area contributed by atoms with Gasteiger partial charge in [-0.25, -0.2) is 9.78 Å². The molecule has 1 amide bonds. The number of nitrogens with two attached hydrogens (primary N) is 1. The highest BCUT2D eigenvalue weighted by Gasteiger charge is 2.25. The lowest BCUT2D eigenvalue weighted by Crippen LogP contribution is -2.13. The second-order valence-electron chi connectivity index (χ2n) is 9.17. The minimum Gasteiger partial charge on any atom is -0.382 e. The van der Waals surface area contributed by atoms with Gasteiger partial charge in [-0.2, -0.15) is 10.2 Å². The molecule has 0 aliphatic carbocycles. The number of para-hydroxylation sites is 1. The van der Waals surface area contributed by atoms with Gasteiger partial charge in [0.1, 0.15) is 5.69 Å². The Labute approximate surface area is 213 Å². The Balaban J connectivity index is 1.63. The van der Waals surface area contributed by atoms with Gasteiger partial charge in [0.05, 0.1) is 16.8 Å². The lowest BCUT2D eigenvalue weighted by molar-refractivity contribution is -0.111. The van der Waals surface area contributed by atoms with E-state index in [1.807, 2.05) is 63.3 Å². The van der Waals surface area contributed by atoms with Crippen molar-refractivity contribution in [1.29, 1.82) is 0 Å². The Kier molecular flexibility index (Phi) is 6.10. The molecule has 4 N–H and O–H groups in total. The molecule has 3 aromatic heterocycles. The van der Waals surface area contributed by atoms with Crippen LogP contribution in [-0.4, -0.2) is 56.0 Å². The number of hydrogen-bond acceptors (Lipinski definition) is 6. The van der Waals surface area contributed by atoms with Crippen LogP contribution >= 0.6 is 0 Å². The second kappa shape index (κ2) is 9.40. The van der Waals surface area contributed by atoms with E-state index in [-0.39, 0.29) is 17.2 Å². The number of anilines is 2. The third-order valence-electron chi connectivity index (χ3n) is 6.34. The van der Waals surface area contributed by atoms with Gasteiger partial charge in [-0.15, -0.1) is 0 Å². The van der Waals surface area contributed by atoms with Crippen LogP contribution in [0.4, 0.5) is 11.5 Å². The largest absolute Gasteiger partial charge is 0.382 e. The summed E-state index contributed by atoms with van der Waals surface area (Å²) < 4.78 is 3.79. The van der Waals surface area contributed by atoms with Gasteiger partial charge in [0, 0.05) is 36.3 Å². The van der Waals surface area contributed by atoms with Crippen molar-refractivity contribution >= 4 is 39.2 Å². The maximum Gasteiger partial charge on any atom is 0.292 e. The van der Waals surface area contributed by atoms with Crippen molar-refractivity contribution in [3.63, 3.8) is 0 Å². The normalized spacial score (nSPS) is 11.8. The fourth-order valence-electron chi connectivity index (χ4n) is 4.60. The number of likely N-dealkylation sites (N-methyl/N-ethyl adjacent to an activating group) is 1. The van der Waals surface area contributed by atoms with E-state index in [4.69, 9.17) is 5.73 Å². The molecular formula is C27H28N8O2. The third kappa shape index (κ3) is 4.27. The quantitative estimate of drug-likeness (QED) is 0.310. The molecular weight excluding hydrogens is 468 g/mol. The Morgan fingerprint density at radius 3 is 2.57 bits per heavy atom. The summed E-state index contributed by atoms with van der Waals surface area (Å²) in [6, 6.07) is 15.4. The van der Waals surface area contributed by atoms with E-state index in [1.165, 1.54) is 6.08 Å². The number of nitrogen functional groups attached to an aromatic ring is 1. The van der Waals surface area contributed by atoms with Crippen LogP contribution in [0.2, 0.25) is 0 Å². The van der Waals surface area contributed by atoms with Crippen molar-refractivity contribution < 1.29 is 4.79 Å². The summed E-state index contributed by atoms with van der Waals surface area (Å²) in [7, 11) is 5.85. The van der Waals surface area contributed by atoms with Crippen molar-refractivity contribution in [3.8, 4) is 17.1 Å². The first-order valence-corrected chi connectivity index (χ1v) is 11.8. The van der Waals surface area contributed by atoms with Gasteiger partial charge in [-0.05, 0) is 56.9 Å². The minimum atomic E-state index is -0.422. The van der Waals surface area contributed by atoms with E-state index in [2.05, 4.69) is 31.2 Å². The predicted octanol–water partition coefficient (Wildman–Crippen LogP) is 3.21. The Morgan fingerprint density at radius 1 is 1.14 bits per heavy atom. The van der Waals surface area contributed by atoms with Crippen LogP contribution in [0, 0.1) is 6.92 Å². The average molecular weight is 497 g/mol. The van der Waals surface area contributed by atoms with Crippen LogP contribution in [-0.2, 0) is 11.8 Å². The molecule has 5 aromatic rings. The van der Waals surface area contributed by atoms with E-state index in [0.717, 1.165) is 22.2 Å². The first-order valence-electron chi connectivity index (χ1n) is 11.8. The number of nitrogens with one attached hydrogen (secondary N) is 2. The number of aryl methyl sites for hydroxylation is 2. The molecule has 0 bridgehead atoms. The average Bonchev–Trinajstić information content (AvgIpc) is 3.38. The maximum absolute atomic E-state index is 12.7. The lowest BCUT2D eigenvalue weighted by atomic mass is 10.1. The highest BCUT2D eigenvalue weighted by atomic mass is 16.1. The van der Waals surface area contributed by atoms with Gasteiger partial charge in [0.15, 0.2) is 11.3 Å². The first-order chi connectivity index (χ1) is 17.8. The predicted molar refractivity (Wildman–Crippen MR) is 147 cm³/mol. The van der Waals surface area contributed by atoms with E-state index in [0.29, 0.717) is 29.0 Å². The molecule has 188 valence electrons. The van der Waals surface area contributed by atoms with Gasteiger partial charge in [-0.1, -0.05) is 24.3 Å². The zero-order valence-electron chi connectivity index (χ0n) is 21.1. The Morgan fingerprint density at radius 2 is 1.86 bits per heavy atom. The summed E-state index contributed by atoms with van der Waals surface area (Å²) in [6.45, 7) is 2.72. The number of nitrogens with zero attached hydrogens (tertiary/aromatic N) is 5. The number of hydrogen-bond donors (Lipinski definition) is 3. The monoisotopic (exact) mass is 496 g/mol. The molecule has 10 nitrogen and oxygen atoms in total. The summed E-state index contributed by atoms with van der Waals surface area (Å²) in [5.74, 6) is -0.0227. The molecule has 0 aliphatic rings. The van der Waals surface area contributed by atoms with Crippen molar-refractivity contribution in [2.24, 2.45) is 7.05 Å². The Bertz CT molecular complexity index is 1680. The van der Waals surface area contributed by atoms with Gasteiger partial charge < -0.3 is 20.5 Å². The fraction of sp³-hybridized carbons (Fsp3) is 0.185. The number of aromatic nitrogens is 5. The number of fused-ring (bicyclic) bond motifs is 2. The number of rotatable bonds is 6. The Hall–Kier alpha value is -4.70. The van der Waals surface area contributed by atoms with Crippen molar-refractivity contribution in [2.45, 2.75) is 6.92 Å². The molecule has 0 saturated heterocycles. The van der Waals surface area contributed by atoms with Crippen molar-refractivity contribution in [2.75, 3.05) is 31.7 Å². The minimum absolute atomic E-state index is 0.189. The smallest absolute Gasteiger partial charge is 0.292 e. The van der Waals surface area contributed by atoms with E-state index in [9.17, 15) is 9.59 Å². The number of aromatic amines is 1. The first kappa shape index (κ1) is 24.0. The van der Waals surface area contributed by atoms with Crippen molar-refractivity contribution in [1.82, 2.24) is 29.4 Å². The highest BCUT2D eigenvalue weighted by molar-refractivity contribution is 6.03. The second-order valence-corrected chi connectivity index (χ2v) is 9.17. The number of benzene rings is 2. The summed E-state index contributed by atoms with van der Waals surface area (Å²) in [5.41, 5.74) is 11.1. The summed E-state index contributed by atoms with van der Waals surface area (Å²) in [6.07, 6.45) is 3.31. The standard InChI is InChI=1S/C27H28N8O2/c1-16-19-8-5-6-9-20(19)34(4)24(16)25-22-23(27(37)31-30-26(22)28)32-35(25)18-13-11-17(12-14-18)29-21(36)10-7-15-33(2)3/h5-14H,15H2,1-4H3,(H2,28,30)(H,29,36)(H,31,37)/b10-7+. The molecule has 5 rings (SSSR count). The van der Waals surface area contributed by atoms with Crippen LogP contribution in [0.1, 0.15) is 5.56 Å². The van der Waals surface area contributed by atoms with Crippen LogP contribution in [0.25, 0.3) is 38.9 Å². The van der Waals surface area contributed by atoms with Crippen molar-refractivity contribution in [3.05, 3.63) is 76.6 Å². The molecule has 0 fully saturated rings. The van der Waals surface area contributed by atoms with Gasteiger partial charge in [0.25, 0.3) is 5.56 Å². The van der Waals surface area contributed by atoms with Crippen LogP contribution in [0.5, 0.6) is 0 Å². The third-order valence-corrected chi connectivity index (χ3v) is 6.34. The number of carbonyl (C=O) groups is 1. The van der Waals surface area contributed by atoms with Gasteiger partial charge in [-0.3, -0.25) is 9.59 Å². The summed E-state index contributed by atoms with van der Waals surface area (Å²) in [5, 5.41) is 15.5. The molecule has 3 heterocycles. The fourth-order valence-corrected chi connectivity index (χ4v) is 4.60. The highest BCUT2D eigenvalue weighted by Crippen LogP contribution is 2.38. The molecule has 0 spiro atoms. The lowest BCUT2D eigenvalue weighted by Gasteiger charge is -2.12. The van der Waals surface area contributed by atoms with Crippen LogP contribution in [0.3, 0.4) is 0 Å². The molecule has 10 heteroatoms. The van der Waals surface area contributed by atoms with Crippen LogP contribution < -0.4 is 16.6 Å². The topological polar surface area (TPSA) is 127 Å². The molecule has 37 heavy (non-hydrogen) atoms. The molecule has 0 aliphatic heterocycles. The summed E-state index contributed by atoms with van der Waals surface area (Å²) >= 11 is 0. The van der Waals surface area contributed by atoms with E-state index >= 15 is 0 Å². The molecule has 0 radical (unpaired) electrons. The number of amides is 1. The van der Waals surface area contributed by atoms with Gasteiger partial charge >= 0.3 is 0 Å². The molecule has 0 unspecified atom stereocenters. The molecule has 0 saturated carbocycles. The maximum atomic E-state index is 12.7. The summed E-state index contributed by atoms with van der Waals surface area (Å²) in [4.78, 5) is 26.9. The number of carbonyl (C=O) groups excluding carboxylic acids is 1. The van der Waals surface area contributed by atoms with E-state index in [1.54, 1.807) is 22.9 Å². The SMILES string of the molecule is Cc1c(-c2c3c(N)n[nH]c(=O)c3nn2-c2ccc(NC(=O)/C=C/CN(C)C)cc2)n(C)c2ccccc12. The van der Waals surface area contributed by atoms with Crippen LogP contribution in [0.15, 0.2) is 65.5 Å². The zero-order valence-corrected chi connectivity index (χ0v) is 21.1. The molecule has 2 aromatic carbocycles. The zero-order chi connectivity index (χ0) is 26.3. The number of H-pyrrole nitrogens is 1.